The molecule has 1 fully saturated rings. The highest BCUT2D eigenvalue weighted by atomic mass is 16.5. The first-order valence-corrected chi connectivity index (χ1v) is 7.57. The second-order valence-electron chi connectivity index (χ2n) is 5.94. The lowest BCUT2D eigenvalue weighted by atomic mass is 9.94. The summed E-state index contributed by atoms with van der Waals surface area (Å²) in [6, 6.07) is 9.37. The number of benzene rings is 1. The van der Waals surface area contributed by atoms with Gasteiger partial charge in [0, 0.05) is 31.4 Å². The molecule has 1 aromatic carbocycles. The molecule has 0 N–H and O–H groups in total. The molecule has 0 spiro atoms. The van der Waals surface area contributed by atoms with E-state index in [-0.39, 0.29) is 0 Å². The van der Waals surface area contributed by atoms with Crippen molar-refractivity contribution in [2.24, 2.45) is 0 Å². The molecule has 0 saturated carbocycles. The normalized spacial score (nSPS) is 18.8. The van der Waals surface area contributed by atoms with E-state index < -0.39 is 0 Å². The summed E-state index contributed by atoms with van der Waals surface area (Å²) in [5.74, 6) is 0.937. The van der Waals surface area contributed by atoms with Crippen molar-refractivity contribution >= 4 is 0 Å². The summed E-state index contributed by atoms with van der Waals surface area (Å²) >= 11 is 0. The maximum absolute atomic E-state index is 5.33. The monoisotopic (exact) mass is 285 g/mol. The summed E-state index contributed by atoms with van der Waals surface area (Å²) in [6.45, 7) is 6.49. The van der Waals surface area contributed by atoms with E-state index in [1.807, 2.05) is 18.6 Å². The van der Waals surface area contributed by atoms with Gasteiger partial charge < -0.3 is 9.30 Å². The first-order valence-electron chi connectivity index (χ1n) is 7.57. The highest BCUT2D eigenvalue weighted by Gasteiger charge is 2.30. The lowest BCUT2D eigenvalue weighted by Crippen LogP contribution is -2.40. The molecule has 1 aromatic heterocycles. The van der Waals surface area contributed by atoms with Gasteiger partial charge in [-0.3, -0.25) is 4.90 Å². The van der Waals surface area contributed by atoms with Crippen molar-refractivity contribution in [1.29, 1.82) is 0 Å². The molecule has 0 amide bonds. The van der Waals surface area contributed by atoms with E-state index in [9.17, 15) is 0 Å². The van der Waals surface area contributed by atoms with Crippen LogP contribution < -0.4 is 4.74 Å². The smallest absolute Gasteiger partial charge is 0.119 e. The fraction of sp³-hybridized carbons (Fsp3) is 0.471. The fourth-order valence-electron chi connectivity index (χ4n) is 2.98. The Hall–Kier alpha value is -1.81. The van der Waals surface area contributed by atoms with Gasteiger partial charge in [-0.05, 0) is 38.0 Å². The van der Waals surface area contributed by atoms with Gasteiger partial charge in [0.25, 0.3) is 0 Å². The SMILES string of the molecule is COc1cccc(C2CCN2Cc2cncn2C(C)C)c1. The molecule has 1 aliphatic heterocycles. The van der Waals surface area contributed by atoms with Gasteiger partial charge in [-0.15, -0.1) is 0 Å². The van der Waals surface area contributed by atoms with Crippen LogP contribution in [-0.2, 0) is 6.54 Å². The van der Waals surface area contributed by atoms with Gasteiger partial charge in [-0.25, -0.2) is 4.98 Å². The third-order valence-corrected chi connectivity index (χ3v) is 4.28. The molecule has 4 heteroatoms. The molecule has 21 heavy (non-hydrogen) atoms. The lowest BCUT2D eigenvalue weighted by Gasteiger charge is -2.41. The Morgan fingerprint density at radius 2 is 2.24 bits per heavy atom. The van der Waals surface area contributed by atoms with E-state index in [0.717, 1.165) is 18.8 Å². The minimum Gasteiger partial charge on any atom is -0.497 e. The van der Waals surface area contributed by atoms with E-state index in [0.29, 0.717) is 12.1 Å². The van der Waals surface area contributed by atoms with Crippen LogP contribution in [0.15, 0.2) is 36.8 Å². The molecule has 3 rings (SSSR count). The molecular weight excluding hydrogens is 262 g/mol. The standard InChI is InChI=1S/C17H23N3O/c1-13(2)20-12-18-10-15(20)11-19-8-7-17(19)14-5-4-6-16(9-14)21-3/h4-6,9-10,12-13,17H,7-8,11H2,1-3H3. The number of imidazole rings is 1. The lowest BCUT2D eigenvalue weighted by molar-refractivity contribution is 0.0785. The van der Waals surface area contributed by atoms with Crippen molar-refractivity contribution in [3.8, 4) is 5.75 Å². The maximum atomic E-state index is 5.33. The highest BCUT2D eigenvalue weighted by molar-refractivity contribution is 5.31. The Bertz CT molecular complexity index is 606. The summed E-state index contributed by atoms with van der Waals surface area (Å²) in [4.78, 5) is 6.80. The molecule has 0 aliphatic carbocycles. The van der Waals surface area contributed by atoms with Crippen LogP contribution in [-0.4, -0.2) is 28.1 Å². The average molecular weight is 285 g/mol. The Morgan fingerprint density at radius 3 is 2.90 bits per heavy atom. The summed E-state index contributed by atoms with van der Waals surface area (Å²) in [5.41, 5.74) is 2.63. The van der Waals surface area contributed by atoms with Gasteiger partial charge in [0.2, 0.25) is 0 Å². The van der Waals surface area contributed by atoms with E-state index >= 15 is 0 Å². The predicted molar refractivity (Wildman–Crippen MR) is 83.4 cm³/mol. The number of methoxy groups -OCH3 is 1. The Labute approximate surface area is 126 Å². The zero-order valence-electron chi connectivity index (χ0n) is 13.0. The van der Waals surface area contributed by atoms with E-state index in [1.54, 1.807) is 7.11 Å². The van der Waals surface area contributed by atoms with Gasteiger partial charge in [0.15, 0.2) is 0 Å². The number of hydrogen-bond acceptors (Lipinski definition) is 3. The Balaban J connectivity index is 1.73. The molecule has 0 radical (unpaired) electrons. The molecule has 0 bridgehead atoms. The van der Waals surface area contributed by atoms with Crippen molar-refractivity contribution in [2.75, 3.05) is 13.7 Å². The summed E-state index contributed by atoms with van der Waals surface area (Å²) in [6.07, 6.45) is 5.13. The Morgan fingerprint density at radius 1 is 1.38 bits per heavy atom. The van der Waals surface area contributed by atoms with Crippen LogP contribution in [0.5, 0.6) is 5.75 Å². The van der Waals surface area contributed by atoms with Crippen LogP contribution in [0, 0.1) is 0 Å². The maximum Gasteiger partial charge on any atom is 0.119 e. The predicted octanol–water partition coefficient (Wildman–Crippen LogP) is 3.42. The molecule has 2 aromatic rings. The number of hydrogen-bond donors (Lipinski definition) is 0. The highest BCUT2D eigenvalue weighted by Crippen LogP contribution is 2.35. The largest absolute Gasteiger partial charge is 0.497 e. The molecular formula is C17H23N3O. The summed E-state index contributed by atoms with van der Waals surface area (Å²) in [5, 5.41) is 0. The minimum absolute atomic E-state index is 0.457. The van der Waals surface area contributed by atoms with Crippen LogP contribution in [0.1, 0.15) is 43.6 Å². The van der Waals surface area contributed by atoms with Crippen LogP contribution in [0.25, 0.3) is 0 Å². The number of nitrogens with zero attached hydrogens (tertiary/aromatic N) is 3. The second kappa shape index (κ2) is 5.90. The zero-order valence-corrected chi connectivity index (χ0v) is 13.0. The quantitative estimate of drug-likeness (QED) is 0.843. The number of ether oxygens (including phenoxy) is 1. The van der Waals surface area contributed by atoms with Crippen molar-refractivity contribution in [3.05, 3.63) is 48.0 Å². The van der Waals surface area contributed by atoms with Crippen molar-refractivity contribution in [3.63, 3.8) is 0 Å². The van der Waals surface area contributed by atoms with Crippen molar-refractivity contribution in [2.45, 2.75) is 38.9 Å². The zero-order chi connectivity index (χ0) is 14.8. The molecule has 1 atom stereocenters. The first-order chi connectivity index (χ1) is 10.2. The average Bonchev–Trinajstić information content (AvgIpc) is 2.92. The van der Waals surface area contributed by atoms with Gasteiger partial charge in [0.1, 0.15) is 5.75 Å². The second-order valence-corrected chi connectivity index (χ2v) is 5.94. The first kappa shape index (κ1) is 14.1. The molecule has 4 nitrogen and oxygen atoms in total. The van der Waals surface area contributed by atoms with E-state index in [1.165, 1.54) is 17.7 Å². The molecule has 1 unspecified atom stereocenters. The van der Waals surface area contributed by atoms with Gasteiger partial charge in [-0.2, -0.15) is 0 Å². The number of rotatable bonds is 5. The van der Waals surface area contributed by atoms with E-state index in [4.69, 9.17) is 4.74 Å². The van der Waals surface area contributed by atoms with Crippen LogP contribution in [0.3, 0.4) is 0 Å². The Kier molecular flexibility index (Phi) is 3.97. The van der Waals surface area contributed by atoms with Gasteiger partial charge in [0.05, 0.1) is 19.1 Å². The van der Waals surface area contributed by atoms with Crippen LogP contribution in [0.2, 0.25) is 0 Å². The third-order valence-electron chi connectivity index (χ3n) is 4.28. The molecule has 112 valence electrons. The minimum atomic E-state index is 0.457. The third kappa shape index (κ3) is 2.81. The van der Waals surface area contributed by atoms with Crippen molar-refractivity contribution < 1.29 is 4.74 Å². The molecule has 1 aliphatic rings. The van der Waals surface area contributed by atoms with Crippen LogP contribution in [0.4, 0.5) is 0 Å². The summed E-state index contributed by atoms with van der Waals surface area (Å²) < 4.78 is 7.58. The topological polar surface area (TPSA) is 30.3 Å². The van der Waals surface area contributed by atoms with Crippen LogP contribution >= 0.6 is 0 Å². The van der Waals surface area contributed by atoms with E-state index in [2.05, 4.69) is 46.5 Å². The molecule has 1 saturated heterocycles. The van der Waals surface area contributed by atoms with Crippen molar-refractivity contribution in [1.82, 2.24) is 14.5 Å². The number of aromatic nitrogens is 2. The molecule has 2 heterocycles. The van der Waals surface area contributed by atoms with Gasteiger partial charge in [-0.1, -0.05) is 12.1 Å². The fourth-order valence-corrected chi connectivity index (χ4v) is 2.98. The summed E-state index contributed by atoms with van der Waals surface area (Å²) in [7, 11) is 1.72. The number of likely N-dealkylation sites (tertiary alicyclic amines) is 1. The van der Waals surface area contributed by atoms with Gasteiger partial charge >= 0.3 is 0 Å².